The second-order valence-electron chi connectivity index (χ2n) is 6.88. The monoisotopic (exact) mass is 373 g/mol. The maximum Gasteiger partial charge on any atom is 0.260 e. The summed E-state index contributed by atoms with van der Waals surface area (Å²) in [4.78, 5) is 14.3. The molecule has 1 heterocycles. The Morgan fingerprint density at radius 2 is 2.08 bits per heavy atom. The number of aliphatic hydroxyl groups excluding tert-OH is 1. The van der Waals surface area contributed by atoms with Gasteiger partial charge in [-0.05, 0) is 60.6 Å². The van der Waals surface area contributed by atoms with Gasteiger partial charge in [0, 0.05) is 18.1 Å². The van der Waals surface area contributed by atoms with Crippen LogP contribution in [0.3, 0.4) is 0 Å². The van der Waals surface area contributed by atoms with Crippen LogP contribution in [-0.4, -0.2) is 35.6 Å². The third-order valence-electron chi connectivity index (χ3n) is 4.83. The van der Waals surface area contributed by atoms with Crippen molar-refractivity contribution < 1.29 is 14.6 Å². The highest BCUT2D eigenvalue weighted by atomic mass is 35.5. The molecule has 2 aromatic carbocycles. The highest BCUT2D eigenvalue weighted by Gasteiger charge is 2.26. The minimum atomic E-state index is 0.0194. The van der Waals surface area contributed by atoms with Crippen molar-refractivity contribution in [3.8, 4) is 5.75 Å². The molecule has 0 saturated carbocycles. The van der Waals surface area contributed by atoms with Crippen LogP contribution in [0, 0.1) is 12.8 Å². The molecular weight excluding hydrogens is 350 g/mol. The van der Waals surface area contributed by atoms with Gasteiger partial charge in [-0.25, -0.2) is 0 Å². The molecule has 5 heteroatoms. The van der Waals surface area contributed by atoms with E-state index in [1.165, 1.54) is 5.56 Å². The zero-order valence-electron chi connectivity index (χ0n) is 15.0. The number of aryl methyl sites for hydroxylation is 1. The van der Waals surface area contributed by atoms with E-state index in [0.717, 1.165) is 37.1 Å². The molecule has 0 aliphatic carbocycles. The number of likely N-dealkylation sites (tertiary alicyclic amines) is 1. The van der Waals surface area contributed by atoms with E-state index in [4.69, 9.17) is 16.3 Å². The predicted molar refractivity (Wildman–Crippen MR) is 102 cm³/mol. The number of carbonyl (C=O) groups excluding carboxylic acids is 1. The van der Waals surface area contributed by atoms with Gasteiger partial charge in [0.25, 0.3) is 5.91 Å². The molecule has 138 valence electrons. The molecule has 1 amide bonds. The van der Waals surface area contributed by atoms with Crippen molar-refractivity contribution >= 4 is 17.5 Å². The van der Waals surface area contributed by atoms with Crippen molar-refractivity contribution in [1.29, 1.82) is 0 Å². The fourth-order valence-electron chi connectivity index (χ4n) is 3.42. The molecule has 26 heavy (non-hydrogen) atoms. The molecule has 0 unspecified atom stereocenters. The number of rotatable bonds is 6. The average molecular weight is 374 g/mol. The Labute approximate surface area is 159 Å². The van der Waals surface area contributed by atoms with Gasteiger partial charge in [-0.3, -0.25) is 4.79 Å². The molecule has 1 fully saturated rings. The van der Waals surface area contributed by atoms with E-state index in [-0.39, 0.29) is 19.1 Å². The van der Waals surface area contributed by atoms with Gasteiger partial charge in [0.15, 0.2) is 6.61 Å². The molecular formula is C21H24ClNO3. The molecule has 1 N–H and O–H groups in total. The van der Waals surface area contributed by atoms with E-state index in [1.807, 2.05) is 36.1 Å². The summed E-state index contributed by atoms with van der Waals surface area (Å²) in [6, 6.07) is 13.4. The second-order valence-corrected chi connectivity index (χ2v) is 7.31. The lowest BCUT2D eigenvalue weighted by Crippen LogP contribution is -2.33. The standard InChI is InChI=1S/C21H24ClNO3/c1-15-9-19(22)5-6-20(15)26-14-21(25)23-8-7-17(12-23)10-16-3-2-4-18(11-16)13-24/h2-6,9,11,17,24H,7-8,10,12-14H2,1H3/t17-/m0/s1. The van der Waals surface area contributed by atoms with E-state index in [9.17, 15) is 9.90 Å². The number of halogens is 1. The molecule has 0 aromatic heterocycles. The van der Waals surface area contributed by atoms with Gasteiger partial charge >= 0.3 is 0 Å². The lowest BCUT2D eigenvalue weighted by atomic mass is 9.97. The molecule has 1 atom stereocenters. The first-order chi connectivity index (χ1) is 12.5. The van der Waals surface area contributed by atoms with Crippen LogP contribution in [0.5, 0.6) is 5.75 Å². The summed E-state index contributed by atoms with van der Waals surface area (Å²) in [5.74, 6) is 1.16. The molecule has 0 radical (unpaired) electrons. The van der Waals surface area contributed by atoms with Gasteiger partial charge in [-0.1, -0.05) is 35.9 Å². The third kappa shape index (κ3) is 4.77. The van der Waals surface area contributed by atoms with Crippen molar-refractivity contribution in [1.82, 2.24) is 4.90 Å². The van der Waals surface area contributed by atoms with E-state index >= 15 is 0 Å². The number of benzene rings is 2. The Hall–Kier alpha value is -2.04. The summed E-state index contributed by atoms with van der Waals surface area (Å²) in [6.07, 6.45) is 1.92. The number of hydrogen-bond donors (Lipinski definition) is 1. The number of nitrogens with zero attached hydrogens (tertiary/aromatic N) is 1. The first kappa shape index (κ1) is 18.7. The topological polar surface area (TPSA) is 49.8 Å². The summed E-state index contributed by atoms with van der Waals surface area (Å²) in [5.41, 5.74) is 3.07. The van der Waals surface area contributed by atoms with Crippen LogP contribution >= 0.6 is 11.6 Å². The second kappa shape index (κ2) is 8.56. The van der Waals surface area contributed by atoms with Crippen molar-refractivity contribution in [3.63, 3.8) is 0 Å². The van der Waals surface area contributed by atoms with Gasteiger partial charge < -0.3 is 14.7 Å². The van der Waals surface area contributed by atoms with Crippen LogP contribution < -0.4 is 4.74 Å². The average Bonchev–Trinajstić information content (AvgIpc) is 3.09. The Balaban J connectivity index is 1.50. The predicted octanol–water partition coefficient (Wildman–Crippen LogP) is 3.61. The first-order valence-electron chi connectivity index (χ1n) is 8.90. The maximum atomic E-state index is 12.4. The highest BCUT2D eigenvalue weighted by Crippen LogP contribution is 2.24. The lowest BCUT2D eigenvalue weighted by molar-refractivity contribution is -0.132. The molecule has 1 saturated heterocycles. The summed E-state index contributed by atoms with van der Waals surface area (Å²) < 4.78 is 5.67. The van der Waals surface area contributed by atoms with Crippen molar-refractivity contribution in [3.05, 3.63) is 64.2 Å². The molecule has 1 aliphatic rings. The number of hydrogen-bond acceptors (Lipinski definition) is 3. The Morgan fingerprint density at radius 1 is 1.27 bits per heavy atom. The minimum Gasteiger partial charge on any atom is -0.483 e. The molecule has 1 aliphatic heterocycles. The number of amides is 1. The van der Waals surface area contributed by atoms with Gasteiger partial charge in [-0.15, -0.1) is 0 Å². The van der Waals surface area contributed by atoms with Crippen molar-refractivity contribution in [2.24, 2.45) is 5.92 Å². The Morgan fingerprint density at radius 3 is 2.85 bits per heavy atom. The molecule has 0 spiro atoms. The summed E-state index contributed by atoms with van der Waals surface area (Å²) in [6.45, 7) is 3.55. The van der Waals surface area contributed by atoms with Crippen LogP contribution in [-0.2, 0) is 17.8 Å². The summed E-state index contributed by atoms with van der Waals surface area (Å²) in [7, 11) is 0. The van der Waals surface area contributed by atoms with E-state index in [2.05, 4.69) is 6.07 Å². The van der Waals surface area contributed by atoms with E-state index < -0.39 is 0 Å². The highest BCUT2D eigenvalue weighted by molar-refractivity contribution is 6.30. The molecule has 3 rings (SSSR count). The quantitative estimate of drug-likeness (QED) is 0.841. The van der Waals surface area contributed by atoms with Gasteiger partial charge in [0.1, 0.15) is 5.75 Å². The third-order valence-corrected chi connectivity index (χ3v) is 5.06. The van der Waals surface area contributed by atoms with Crippen LogP contribution in [0.15, 0.2) is 42.5 Å². The Bertz CT molecular complexity index is 778. The number of carbonyl (C=O) groups is 1. The van der Waals surface area contributed by atoms with Gasteiger partial charge in [0.05, 0.1) is 6.61 Å². The van der Waals surface area contributed by atoms with Crippen LogP contribution in [0.2, 0.25) is 5.02 Å². The molecule has 4 nitrogen and oxygen atoms in total. The van der Waals surface area contributed by atoms with Gasteiger partial charge in [-0.2, -0.15) is 0 Å². The maximum absolute atomic E-state index is 12.4. The largest absolute Gasteiger partial charge is 0.483 e. The van der Waals surface area contributed by atoms with Crippen molar-refractivity contribution in [2.45, 2.75) is 26.4 Å². The zero-order chi connectivity index (χ0) is 18.5. The lowest BCUT2D eigenvalue weighted by Gasteiger charge is -2.17. The van der Waals surface area contributed by atoms with Crippen LogP contribution in [0.4, 0.5) is 0 Å². The Kier molecular flexibility index (Phi) is 6.17. The van der Waals surface area contributed by atoms with E-state index in [1.54, 1.807) is 12.1 Å². The van der Waals surface area contributed by atoms with Gasteiger partial charge in [0.2, 0.25) is 0 Å². The first-order valence-corrected chi connectivity index (χ1v) is 9.28. The molecule has 2 aromatic rings. The fraction of sp³-hybridized carbons (Fsp3) is 0.381. The van der Waals surface area contributed by atoms with E-state index in [0.29, 0.717) is 16.7 Å². The minimum absolute atomic E-state index is 0.0194. The normalized spacial score (nSPS) is 16.7. The number of ether oxygens (including phenoxy) is 1. The van der Waals surface area contributed by atoms with Crippen LogP contribution in [0.1, 0.15) is 23.1 Å². The molecule has 0 bridgehead atoms. The SMILES string of the molecule is Cc1cc(Cl)ccc1OCC(=O)N1CC[C@@H](Cc2cccc(CO)c2)C1. The number of aliphatic hydroxyl groups is 1. The summed E-state index contributed by atoms with van der Waals surface area (Å²) >= 11 is 5.94. The summed E-state index contributed by atoms with van der Waals surface area (Å²) in [5, 5.41) is 9.91. The van der Waals surface area contributed by atoms with Crippen LogP contribution in [0.25, 0.3) is 0 Å². The fourth-order valence-corrected chi connectivity index (χ4v) is 3.65. The van der Waals surface area contributed by atoms with Crippen molar-refractivity contribution in [2.75, 3.05) is 19.7 Å². The smallest absolute Gasteiger partial charge is 0.260 e. The zero-order valence-corrected chi connectivity index (χ0v) is 15.7.